The molecule has 6 rings (SSSR count). The summed E-state index contributed by atoms with van der Waals surface area (Å²) in [5.41, 5.74) is 1.75. The number of likely N-dealkylation sites (tertiary alicyclic amines) is 1. The summed E-state index contributed by atoms with van der Waals surface area (Å²) in [6, 6.07) is 4.39. The predicted octanol–water partition coefficient (Wildman–Crippen LogP) is 3.78. The summed E-state index contributed by atoms with van der Waals surface area (Å²) < 4.78 is 41.6. The molecule has 26 heavy (non-hydrogen) atoms. The van der Waals surface area contributed by atoms with Crippen LogP contribution in [0.15, 0.2) is 12.1 Å². The molecule has 1 aromatic rings. The fourth-order valence-corrected chi connectivity index (χ4v) is 6.58. The van der Waals surface area contributed by atoms with E-state index < -0.39 is 17.4 Å². The smallest absolute Gasteiger partial charge is 0.285 e. The number of ether oxygens (including phenoxy) is 2. The van der Waals surface area contributed by atoms with E-state index in [1.165, 1.54) is 18.4 Å². The average molecular weight is 361 g/mol. The van der Waals surface area contributed by atoms with E-state index in [0.29, 0.717) is 24.0 Å². The Morgan fingerprint density at radius 1 is 1.23 bits per heavy atom. The Bertz CT molecular complexity index is 778. The Labute approximate surface area is 152 Å². The molecule has 140 valence electrons. The van der Waals surface area contributed by atoms with Crippen LogP contribution in [0.5, 0.6) is 11.5 Å². The Morgan fingerprint density at radius 2 is 2.08 bits per heavy atom. The number of benzene rings is 1. The van der Waals surface area contributed by atoms with Gasteiger partial charge in [-0.15, -0.1) is 0 Å². The van der Waals surface area contributed by atoms with Crippen molar-refractivity contribution in [2.45, 2.75) is 62.0 Å². The highest BCUT2D eigenvalue weighted by atomic mass is 19.3. The maximum atomic E-state index is 15.0. The van der Waals surface area contributed by atoms with Gasteiger partial charge in [0.1, 0.15) is 0 Å². The van der Waals surface area contributed by atoms with E-state index in [9.17, 15) is 0 Å². The molecule has 4 atom stereocenters. The van der Waals surface area contributed by atoms with Crippen molar-refractivity contribution in [3.63, 3.8) is 0 Å². The van der Waals surface area contributed by atoms with Crippen molar-refractivity contribution < 1.29 is 18.3 Å². The van der Waals surface area contributed by atoms with Gasteiger partial charge in [-0.1, -0.05) is 6.07 Å². The summed E-state index contributed by atoms with van der Waals surface area (Å²) in [5.74, 6) is -0.437. The first-order valence-corrected chi connectivity index (χ1v) is 10.0. The van der Waals surface area contributed by atoms with Gasteiger partial charge in [-0.3, -0.25) is 4.90 Å². The van der Waals surface area contributed by atoms with Crippen LogP contribution in [0.4, 0.5) is 8.78 Å². The van der Waals surface area contributed by atoms with Crippen LogP contribution in [0.25, 0.3) is 0 Å². The molecule has 0 amide bonds. The summed E-state index contributed by atoms with van der Waals surface area (Å²) in [4.78, 5) is 2.62. The molecule has 1 aromatic carbocycles. The second kappa shape index (κ2) is 4.92. The first-order chi connectivity index (χ1) is 12.5. The van der Waals surface area contributed by atoms with Gasteiger partial charge in [-0.2, -0.15) is 0 Å². The minimum Gasteiger partial charge on any atom is -0.493 e. The molecule has 0 aromatic heterocycles. The third-order valence-corrected chi connectivity index (χ3v) is 7.80. The molecule has 5 heteroatoms. The van der Waals surface area contributed by atoms with Gasteiger partial charge >= 0.3 is 0 Å². The molecule has 3 fully saturated rings. The lowest BCUT2D eigenvalue weighted by Gasteiger charge is -2.59. The third kappa shape index (κ3) is 1.81. The summed E-state index contributed by atoms with van der Waals surface area (Å²) in [6.07, 6.45) is 3.95. The molecule has 3 nitrogen and oxygen atoms in total. The van der Waals surface area contributed by atoms with Gasteiger partial charge < -0.3 is 9.47 Å². The van der Waals surface area contributed by atoms with Crippen LogP contribution in [0.3, 0.4) is 0 Å². The molecule has 2 saturated carbocycles. The summed E-state index contributed by atoms with van der Waals surface area (Å²) in [6.45, 7) is 2.07. The van der Waals surface area contributed by atoms with Gasteiger partial charge in [0, 0.05) is 30.0 Å². The van der Waals surface area contributed by atoms with E-state index in [4.69, 9.17) is 9.47 Å². The lowest BCUT2D eigenvalue weighted by Crippen LogP contribution is -2.68. The van der Waals surface area contributed by atoms with Gasteiger partial charge in [-0.25, -0.2) is 8.78 Å². The Balaban J connectivity index is 1.53. The number of methoxy groups -OCH3 is 1. The lowest BCUT2D eigenvalue weighted by atomic mass is 9.51. The minimum absolute atomic E-state index is 0.0521. The Morgan fingerprint density at radius 3 is 2.85 bits per heavy atom. The highest BCUT2D eigenvalue weighted by Gasteiger charge is 2.70. The van der Waals surface area contributed by atoms with Crippen LogP contribution < -0.4 is 9.47 Å². The molecule has 1 spiro atoms. The number of hydrogen-bond acceptors (Lipinski definition) is 3. The van der Waals surface area contributed by atoms with Crippen molar-refractivity contribution >= 4 is 0 Å². The summed E-state index contributed by atoms with van der Waals surface area (Å²) in [7, 11) is 1.60. The molecule has 5 aliphatic rings. The van der Waals surface area contributed by atoms with Crippen molar-refractivity contribution in [2.24, 2.45) is 11.8 Å². The SMILES string of the molecule is COc1ccc2c3c1OC1C(F)(F)CC[C@H]4[C@@H](C2)N(CC2CC2)CC[C@]314. The van der Waals surface area contributed by atoms with Crippen molar-refractivity contribution in [1.82, 2.24) is 4.90 Å². The monoisotopic (exact) mass is 361 g/mol. The first-order valence-electron chi connectivity index (χ1n) is 10.0. The highest BCUT2D eigenvalue weighted by molar-refractivity contribution is 5.61. The zero-order valence-corrected chi connectivity index (χ0v) is 15.1. The zero-order chi connectivity index (χ0) is 17.7. The minimum atomic E-state index is -2.77. The van der Waals surface area contributed by atoms with Crippen molar-refractivity contribution in [1.29, 1.82) is 0 Å². The van der Waals surface area contributed by atoms with Crippen LogP contribution >= 0.6 is 0 Å². The summed E-state index contributed by atoms with van der Waals surface area (Å²) >= 11 is 0. The van der Waals surface area contributed by atoms with Gasteiger partial charge in [0.15, 0.2) is 17.6 Å². The number of halogens is 2. The predicted molar refractivity (Wildman–Crippen MR) is 93.2 cm³/mol. The highest BCUT2D eigenvalue weighted by Crippen LogP contribution is 2.66. The number of alkyl halides is 2. The molecular weight excluding hydrogens is 336 g/mol. The van der Waals surface area contributed by atoms with Crippen LogP contribution in [0.2, 0.25) is 0 Å². The maximum absolute atomic E-state index is 15.0. The van der Waals surface area contributed by atoms with Gasteiger partial charge in [0.2, 0.25) is 0 Å². The second-order valence-corrected chi connectivity index (χ2v) is 9.04. The number of hydrogen-bond donors (Lipinski definition) is 0. The first kappa shape index (κ1) is 15.7. The zero-order valence-electron chi connectivity index (χ0n) is 15.1. The van der Waals surface area contributed by atoms with Crippen LogP contribution in [0, 0.1) is 11.8 Å². The van der Waals surface area contributed by atoms with Crippen molar-refractivity contribution in [2.75, 3.05) is 20.2 Å². The molecule has 2 bridgehead atoms. The van der Waals surface area contributed by atoms with Crippen molar-refractivity contribution in [3.8, 4) is 11.5 Å². The molecule has 1 saturated heterocycles. The van der Waals surface area contributed by atoms with E-state index in [2.05, 4.69) is 11.0 Å². The van der Waals surface area contributed by atoms with E-state index in [1.54, 1.807) is 7.11 Å². The van der Waals surface area contributed by atoms with E-state index >= 15 is 8.78 Å². The topological polar surface area (TPSA) is 21.7 Å². The Hall–Kier alpha value is -1.36. The number of rotatable bonds is 3. The van der Waals surface area contributed by atoms with Crippen LogP contribution in [0.1, 0.15) is 43.2 Å². The fraction of sp³-hybridized carbons (Fsp3) is 0.714. The molecule has 2 heterocycles. The molecule has 3 aliphatic carbocycles. The maximum Gasteiger partial charge on any atom is 0.285 e. The largest absolute Gasteiger partial charge is 0.493 e. The van der Waals surface area contributed by atoms with Gasteiger partial charge in [-0.05, 0) is 62.1 Å². The number of nitrogens with zero attached hydrogens (tertiary/aromatic N) is 1. The van der Waals surface area contributed by atoms with E-state index in [-0.39, 0.29) is 12.3 Å². The average Bonchev–Trinajstić information content (AvgIpc) is 3.36. The quantitative estimate of drug-likeness (QED) is 0.818. The van der Waals surface area contributed by atoms with Crippen LogP contribution in [-0.2, 0) is 11.8 Å². The fourth-order valence-electron chi connectivity index (χ4n) is 6.58. The molecular formula is C21H25F2NO2. The number of piperidine rings is 1. The molecule has 0 N–H and O–H groups in total. The lowest BCUT2D eigenvalue weighted by molar-refractivity contribution is -0.182. The van der Waals surface area contributed by atoms with E-state index in [1.807, 2.05) is 6.07 Å². The van der Waals surface area contributed by atoms with E-state index in [0.717, 1.165) is 37.4 Å². The molecule has 1 unspecified atom stereocenters. The van der Waals surface area contributed by atoms with Gasteiger partial charge in [0.25, 0.3) is 5.92 Å². The summed E-state index contributed by atoms with van der Waals surface area (Å²) in [5, 5.41) is 0. The molecule has 2 aliphatic heterocycles. The molecule has 0 radical (unpaired) electrons. The van der Waals surface area contributed by atoms with Gasteiger partial charge in [0.05, 0.1) is 7.11 Å². The van der Waals surface area contributed by atoms with Crippen LogP contribution in [-0.4, -0.2) is 43.2 Å². The standard InChI is InChI=1S/C21H25F2NO2/c1-25-16-5-4-13-10-15-14-6-7-21(22,23)19-20(14,17(13)18(16)26-19)8-9-24(15)11-12-2-3-12/h4-5,12,14-15,19H,2-3,6-11H2,1H3/t14-,15+,19?,20-/m0/s1. The Kier molecular flexibility index (Phi) is 2.96. The third-order valence-electron chi connectivity index (χ3n) is 7.80. The normalized spacial score (nSPS) is 39.3. The second-order valence-electron chi connectivity index (χ2n) is 9.04. The van der Waals surface area contributed by atoms with Crippen molar-refractivity contribution in [3.05, 3.63) is 23.3 Å².